The van der Waals surface area contributed by atoms with Crippen LogP contribution >= 0.6 is 0 Å². The van der Waals surface area contributed by atoms with Crippen molar-refractivity contribution in [3.63, 3.8) is 0 Å². The molecule has 1 fully saturated rings. The number of nitrogens with zero attached hydrogens (tertiary/aromatic N) is 1. The van der Waals surface area contributed by atoms with E-state index < -0.39 is 5.79 Å². The zero-order valence-corrected chi connectivity index (χ0v) is 15.4. The topological polar surface area (TPSA) is 32.6 Å². The van der Waals surface area contributed by atoms with Gasteiger partial charge in [-0.25, -0.2) is 0 Å². The fourth-order valence-electron chi connectivity index (χ4n) is 3.38. The Morgan fingerprint density at radius 1 is 1.12 bits per heavy atom. The van der Waals surface area contributed by atoms with Crippen molar-refractivity contribution in [1.82, 2.24) is 4.57 Å². The van der Waals surface area contributed by atoms with E-state index >= 15 is 0 Å². The Hall–Kier alpha value is -2.30. The molecular weight excluding hydrogens is 326 g/mol. The highest BCUT2D eigenvalue weighted by atomic mass is 16.7. The van der Waals surface area contributed by atoms with Gasteiger partial charge in [-0.15, -0.1) is 0 Å². The SMILES string of the molecule is CC1(C)OC[C@H](CCn2ccc3ccc(OCc4ccccc4)cc32)O1. The first-order chi connectivity index (χ1) is 12.6. The molecule has 1 atom stereocenters. The Morgan fingerprint density at radius 2 is 1.96 bits per heavy atom. The highest BCUT2D eigenvalue weighted by molar-refractivity contribution is 5.81. The molecule has 4 heteroatoms. The van der Waals surface area contributed by atoms with E-state index in [0.29, 0.717) is 13.2 Å². The fraction of sp³-hybridized carbons (Fsp3) is 0.364. The number of ether oxygens (including phenoxy) is 3. The summed E-state index contributed by atoms with van der Waals surface area (Å²) < 4.78 is 19.8. The first kappa shape index (κ1) is 17.1. The van der Waals surface area contributed by atoms with E-state index in [1.165, 1.54) is 16.5 Å². The van der Waals surface area contributed by atoms with Crippen molar-refractivity contribution in [3.05, 3.63) is 66.4 Å². The van der Waals surface area contributed by atoms with Gasteiger partial charge in [0.25, 0.3) is 0 Å². The Morgan fingerprint density at radius 3 is 2.73 bits per heavy atom. The average Bonchev–Trinajstić information content (AvgIpc) is 3.21. The van der Waals surface area contributed by atoms with Crippen LogP contribution in [-0.4, -0.2) is 23.1 Å². The number of hydrogen-bond donors (Lipinski definition) is 0. The van der Waals surface area contributed by atoms with E-state index in [1.807, 2.05) is 38.1 Å². The summed E-state index contributed by atoms with van der Waals surface area (Å²) in [5, 5.41) is 1.22. The molecule has 3 aromatic rings. The number of aryl methyl sites for hydroxylation is 1. The summed E-state index contributed by atoms with van der Waals surface area (Å²) in [4.78, 5) is 0. The first-order valence-corrected chi connectivity index (χ1v) is 9.16. The predicted octanol–water partition coefficient (Wildman–Crippen LogP) is 4.76. The second-order valence-corrected chi connectivity index (χ2v) is 7.24. The van der Waals surface area contributed by atoms with E-state index in [2.05, 4.69) is 41.1 Å². The Balaban J connectivity index is 1.43. The van der Waals surface area contributed by atoms with Gasteiger partial charge in [-0.1, -0.05) is 30.3 Å². The normalized spacial score (nSPS) is 19.1. The summed E-state index contributed by atoms with van der Waals surface area (Å²) >= 11 is 0. The van der Waals surface area contributed by atoms with Crippen molar-refractivity contribution in [3.8, 4) is 5.75 Å². The minimum Gasteiger partial charge on any atom is -0.489 e. The largest absolute Gasteiger partial charge is 0.489 e. The molecule has 1 aromatic heterocycles. The van der Waals surface area contributed by atoms with Gasteiger partial charge in [0, 0.05) is 18.8 Å². The molecule has 26 heavy (non-hydrogen) atoms. The standard InChI is InChI=1S/C22H25NO3/c1-22(2)25-16-20(26-22)11-13-23-12-10-18-8-9-19(14-21(18)23)24-15-17-6-4-3-5-7-17/h3-10,12,14,20H,11,13,15-16H2,1-2H3/t20-/m0/s1. The van der Waals surface area contributed by atoms with Gasteiger partial charge in [-0.2, -0.15) is 0 Å². The smallest absolute Gasteiger partial charge is 0.163 e. The van der Waals surface area contributed by atoms with Crippen molar-refractivity contribution < 1.29 is 14.2 Å². The van der Waals surface area contributed by atoms with Crippen LogP contribution in [0, 0.1) is 0 Å². The molecule has 136 valence electrons. The Bertz CT molecular complexity index is 869. The molecule has 0 amide bonds. The number of rotatable bonds is 6. The van der Waals surface area contributed by atoms with Crippen molar-refractivity contribution in [2.24, 2.45) is 0 Å². The molecule has 1 aliphatic rings. The number of hydrogen-bond acceptors (Lipinski definition) is 3. The molecule has 2 aromatic carbocycles. The van der Waals surface area contributed by atoms with E-state index in [-0.39, 0.29) is 6.10 Å². The van der Waals surface area contributed by atoms with Crippen LogP contribution in [0.5, 0.6) is 5.75 Å². The zero-order chi connectivity index (χ0) is 18.0. The number of aromatic nitrogens is 1. The predicted molar refractivity (Wildman–Crippen MR) is 102 cm³/mol. The molecule has 2 heterocycles. The van der Waals surface area contributed by atoms with E-state index in [1.54, 1.807) is 0 Å². The van der Waals surface area contributed by atoms with E-state index in [0.717, 1.165) is 18.7 Å². The van der Waals surface area contributed by atoms with Gasteiger partial charge in [-0.3, -0.25) is 0 Å². The van der Waals surface area contributed by atoms with Gasteiger partial charge < -0.3 is 18.8 Å². The van der Waals surface area contributed by atoms with Crippen molar-refractivity contribution in [2.45, 2.75) is 45.3 Å². The molecule has 0 aliphatic carbocycles. The maximum absolute atomic E-state index is 5.97. The van der Waals surface area contributed by atoms with Crippen LogP contribution in [0.2, 0.25) is 0 Å². The highest BCUT2D eigenvalue weighted by Crippen LogP contribution is 2.26. The Labute approximate surface area is 154 Å². The molecular formula is C22H25NO3. The second kappa shape index (κ2) is 7.14. The molecule has 0 bridgehead atoms. The molecule has 0 radical (unpaired) electrons. The third-order valence-corrected chi connectivity index (χ3v) is 4.75. The maximum atomic E-state index is 5.97. The van der Waals surface area contributed by atoms with Crippen LogP contribution < -0.4 is 4.74 Å². The van der Waals surface area contributed by atoms with Crippen LogP contribution in [0.3, 0.4) is 0 Å². The highest BCUT2D eigenvalue weighted by Gasteiger charge is 2.32. The van der Waals surface area contributed by atoms with Crippen molar-refractivity contribution in [2.75, 3.05) is 6.61 Å². The zero-order valence-electron chi connectivity index (χ0n) is 15.4. The lowest BCUT2D eigenvalue weighted by molar-refractivity contribution is -0.139. The van der Waals surface area contributed by atoms with Gasteiger partial charge in [0.05, 0.1) is 18.2 Å². The number of benzene rings is 2. The molecule has 0 unspecified atom stereocenters. The average molecular weight is 351 g/mol. The molecule has 0 saturated carbocycles. The lowest BCUT2D eigenvalue weighted by Crippen LogP contribution is -2.22. The molecule has 1 saturated heterocycles. The van der Waals surface area contributed by atoms with Gasteiger partial charge in [0.1, 0.15) is 12.4 Å². The van der Waals surface area contributed by atoms with Crippen LogP contribution in [-0.2, 0) is 22.6 Å². The lowest BCUT2D eigenvalue weighted by atomic mass is 10.2. The summed E-state index contributed by atoms with van der Waals surface area (Å²) in [5.41, 5.74) is 2.36. The summed E-state index contributed by atoms with van der Waals surface area (Å²) in [7, 11) is 0. The minimum atomic E-state index is -0.456. The molecule has 1 aliphatic heterocycles. The summed E-state index contributed by atoms with van der Waals surface area (Å²) in [6.45, 7) is 6.07. The quantitative estimate of drug-likeness (QED) is 0.642. The van der Waals surface area contributed by atoms with Gasteiger partial charge >= 0.3 is 0 Å². The van der Waals surface area contributed by atoms with Gasteiger partial charge in [0.2, 0.25) is 0 Å². The van der Waals surface area contributed by atoms with E-state index in [9.17, 15) is 0 Å². The van der Waals surface area contributed by atoms with Crippen molar-refractivity contribution >= 4 is 10.9 Å². The van der Waals surface area contributed by atoms with Gasteiger partial charge in [0.15, 0.2) is 5.79 Å². The number of fused-ring (bicyclic) bond motifs is 1. The molecule has 4 nitrogen and oxygen atoms in total. The van der Waals surface area contributed by atoms with Crippen LogP contribution in [0.15, 0.2) is 60.8 Å². The van der Waals surface area contributed by atoms with Crippen LogP contribution in [0.25, 0.3) is 10.9 Å². The molecule has 0 N–H and O–H groups in total. The maximum Gasteiger partial charge on any atom is 0.163 e. The molecule has 4 rings (SSSR count). The summed E-state index contributed by atoms with van der Waals surface area (Å²) in [6.07, 6.45) is 3.22. The monoisotopic (exact) mass is 351 g/mol. The van der Waals surface area contributed by atoms with Crippen LogP contribution in [0.1, 0.15) is 25.8 Å². The van der Waals surface area contributed by atoms with Crippen molar-refractivity contribution in [1.29, 1.82) is 0 Å². The van der Waals surface area contributed by atoms with Gasteiger partial charge in [-0.05, 0) is 49.4 Å². The summed E-state index contributed by atoms with van der Waals surface area (Å²) in [6, 6.07) is 18.6. The molecule has 0 spiro atoms. The third-order valence-electron chi connectivity index (χ3n) is 4.75. The third kappa shape index (κ3) is 3.92. The fourth-order valence-corrected chi connectivity index (χ4v) is 3.38. The lowest BCUT2D eigenvalue weighted by Gasteiger charge is -2.17. The van der Waals surface area contributed by atoms with Crippen LogP contribution in [0.4, 0.5) is 0 Å². The van der Waals surface area contributed by atoms with E-state index in [4.69, 9.17) is 14.2 Å². The summed E-state index contributed by atoms with van der Waals surface area (Å²) in [5.74, 6) is 0.435. The Kier molecular flexibility index (Phi) is 4.70. The first-order valence-electron chi connectivity index (χ1n) is 9.16. The minimum absolute atomic E-state index is 0.153. The second-order valence-electron chi connectivity index (χ2n) is 7.24.